The van der Waals surface area contributed by atoms with Crippen LogP contribution in [0.5, 0.6) is 0 Å². The molecule has 1 amide bonds. The van der Waals surface area contributed by atoms with E-state index in [1.54, 1.807) is 10.4 Å². The molecule has 0 aliphatic carbocycles. The summed E-state index contributed by atoms with van der Waals surface area (Å²) in [7, 11) is -3.46. The first-order valence-electron chi connectivity index (χ1n) is 9.11. The molecular weight excluding hydrogens is 370 g/mol. The van der Waals surface area contributed by atoms with Crippen LogP contribution in [0.1, 0.15) is 43.9 Å². The van der Waals surface area contributed by atoms with Crippen molar-refractivity contribution in [2.75, 3.05) is 26.2 Å². The van der Waals surface area contributed by atoms with Crippen molar-refractivity contribution in [2.45, 2.75) is 64.4 Å². The van der Waals surface area contributed by atoms with Crippen LogP contribution in [-0.4, -0.2) is 61.3 Å². The molecule has 2 heterocycles. The molecule has 1 saturated heterocycles. The van der Waals surface area contributed by atoms with Gasteiger partial charge < -0.3 is 5.32 Å². The molecule has 1 aromatic rings. The second-order valence-corrected chi connectivity index (χ2v) is 11.0. The highest BCUT2D eigenvalue weighted by molar-refractivity contribution is 7.89. The molecule has 0 aromatic carbocycles. The number of piperazine rings is 1. The minimum atomic E-state index is -3.46. The average molecular weight is 402 g/mol. The van der Waals surface area contributed by atoms with Crippen LogP contribution in [0.15, 0.2) is 11.0 Å². The van der Waals surface area contributed by atoms with Crippen molar-refractivity contribution in [3.63, 3.8) is 0 Å². The van der Waals surface area contributed by atoms with E-state index >= 15 is 0 Å². The van der Waals surface area contributed by atoms with Crippen molar-refractivity contribution >= 4 is 27.3 Å². The van der Waals surface area contributed by atoms with Crippen molar-refractivity contribution in [3.05, 3.63) is 15.8 Å². The smallest absolute Gasteiger partial charge is 0.244 e. The number of hydrogen-bond acceptors (Lipinski definition) is 5. The van der Waals surface area contributed by atoms with E-state index < -0.39 is 10.0 Å². The van der Waals surface area contributed by atoms with Gasteiger partial charge >= 0.3 is 0 Å². The maximum Gasteiger partial charge on any atom is 0.244 e. The van der Waals surface area contributed by atoms with Crippen LogP contribution in [0, 0.1) is 13.8 Å². The van der Waals surface area contributed by atoms with Gasteiger partial charge in [-0.3, -0.25) is 9.69 Å². The first-order valence-corrected chi connectivity index (χ1v) is 11.4. The van der Waals surface area contributed by atoms with Crippen molar-refractivity contribution in [2.24, 2.45) is 0 Å². The maximum absolute atomic E-state index is 12.9. The lowest BCUT2D eigenvalue weighted by atomic mass is 10.0. The summed E-state index contributed by atoms with van der Waals surface area (Å²) in [4.78, 5) is 16.8. The highest BCUT2D eigenvalue weighted by Crippen LogP contribution is 2.28. The van der Waals surface area contributed by atoms with Gasteiger partial charge in [-0.05, 0) is 47.1 Å². The molecule has 1 atom stereocenters. The largest absolute Gasteiger partial charge is 0.350 e. The molecule has 0 spiro atoms. The summed E-state index contributed by atoms with van der Waals surface area (Å²) < 4.78 is 27.3. The van der Waals surface area contributed by atoms with Gasteiger partial charge in [-0.1, -0.05) is 6.92 Å². The molecule has 0 saturated carbocycles. The number of thiophene rings is 1. The maximum atomic E-state index is 12.9. The third-order valence-electron chi connectivity index (χ3n) is 5.16. The number of rotatable bonds is 6. The second-order valence-electron chi connectivity index (χ2n) is 7.62. The number of aryl methyl sites for hydroxylation is 2. The highest BCUT2D eigenvalue weighted by atomic mass is 32.2. The van der Waals surface area contributed by atoms with Crippen LogP contribution in [0.3, 0.4) is 0 Å². The second kappa shape index (κ2) is 7.96. The van der Waals surface area contributed by atoms with Gasteiger partial charge in [0.15, 0.2) is 0 Å². The number of sulfonamides is 1. The summed E-state index contributed by atoms with van der Waals surface area (Å²) in [5.41, 5.74) is -0.231. The van der Waals surface area contributed by atoms with Gasteiger partial charge in [-0.2, -0.15) is 4.31 Å². The van der Waals surface area contributed by atoms with E-state index in [1.807, 2.05) is 41.5 Å². The zero-order valence-electron chi connectivity index (χ0n) is 16.6. The van der Waals surface area contributed by atoms with Crippen molar-refractivity contribution in [1.29, 1.82) is 0 Å². The molecule has 1 aromatic heterocycles. The molecule has 1 unspecified atom stereocenters. The lowest BCUT2D eigenvalue weighted by Crippen LogP contribution is -2.57. The molecule has 148 valence electrons. The number of hydrogen-bond donors (Lipinski definition) is 1. The Morgan fingerprint density at radius 3 is 2.31 bits per heavy atom. The zero-order chi connectivity index (χ0) is 19.7. The molecule has 1 aliphatic rings. The van der Waals surface area contributed by atoms with Gasteiger partial charge in [0.05, 0.1) is 10.9 Å². The Labute approximate surface area is 161 Å². The number of carbonyl (C=O) groups excluding carboxylic acids is 1. The van der Waals surface area contributed by atoms with E-state index in [2.05, 4.69) is 10.2 Å². The van der Waals surface area contributed by atoms with E-state index in [9.17, 15) is 13.2 Å². The Bertz CT molecular complexity index is 748. The lowest BCUT2D eigenvalue weighted by molar-refractivity contribution is -0.128. The van der Waals surface area contributed by atoms with Crippen LogP contribution < -0.4 is 5.32 Å². The molecule has 8 heteroatoms. The Hall–Kier alpha value is -0.960. The van der Waals surface area contributed by atoms with E-state index in [4.69, 9.17) is 0 Å². The van der Waals surface area contributed by atoms with Crippen LogP contribution >= 0.6 is 11.3 Å². The summed E-state index contributed by atoms with van der Waals surface area (Å²) in [5, 5.41) is 3.07. The summed E-state index contributed by atoms with van der Waals surface area (Å²) >= 11 is 1.51. The summed E-state index contributed by atoms with van der Waals surface area (Å²) in [6.45, 7) is 13.7. The molecule has 2 rings (SSSR count). The summed E-state index contributed by atoms with van der Waals surface area (Å²) in [5.74, 6) is -0.00235. The normalized spacial score (nSPS) is 18.7. The van der Waals surface area contributed by atoms with E-state index in [0.29, 0.717) is 31.1 Å². The molecule has 1 aliphatic heterocycles. The fourth-order valence-electron chi connectivity index (χ4n) is 3.03. The monoisotopic (exact) mass is 401 g/mol. The number of nitrogens with zero attached hydrogens (tertiary/aromatic N) is 2. The fourth-order valence-corrected chi connectivity index (χ4v) is 5.97. The third kappa shape index (κ3) is 4.65. The predicted molar refractivity (Wildman–Crippen MR) is 106 cm³/mol. The van der Waals surface area contributed by atoms with E-state index in [0.717, 1.165) is 16.2 Å². The van der Waals surface area contributed by atoms with E-state index in [1.165, 1.54) is 11.3 Å². The standard InChI is InChI=1S/C18H31N3O3S2/c1-7-18(5,6)19-17(22)14(3)20-8-10-21(11-9-20)26(23,24)16-12-13(2)25-15(16)4/h12,14H,7-11H2,1-6H3,(H,19,22). The Balaban J connectivity index is 2.00. The first-order chi connectivity index (χ1) is 12.0. The highest BCUT2D eigenvalue weighted by Gasteiger charge is 2.34. The van der Waals surface area contributed by atoms with Crippen LogP contribution in [0.2, 0.25) is 0 Å². The zero-order valence-corrected chi connectivity index (χ0v) is 18.3. The fraction of sp³-hybridized carbons (Fsp3) is 0.722. The first kappa shape index (κ1) is 21.3. The minimum absolute atomic E-state index is 0.00235. The van der Waals surface area contributed by atoms with Crippen molar-refractivity contribution in [3.8, 4) is 0 Å². The molecule has 1 N–H and O–H groups in total. The Morgan fingerprint density at radius 1 is 1.27 bits per heavy atom. The predicted octanol–water partition coefficient (Wildman–Crippen LogP) is 2.36. The van der Waals surface area contributed by atoms with Gasteiger partial charge in [0.1, 0.15) is 0 Å². The number of carbonyl (C=O) groups is 1. The Morgan fingerprint density at radius 2 is 1.85 bits per heavy atom. The van der Waals surface area contributed by atoms with Gasteiger partial charge in [0, 0.05) is 41.5 Å². The molecular formula is C18H31N3O3S2. The van der Waals surface area contributed by atoms with Gasteiger partial charge in [0.25, 0.3) is 0 Å². The van der Waals surface area contributed by atoms with Crippen LogP contribution in [0.25, 0.3) is 0 Å². The van der Waals surface area contributed by atoms with Crippen LogP contribution in [-0.2, 0) is 14.8 Å². The molecule has 26 heavy (non-hydrogen) atoms. The van der Waals surface area contributed by atoms with Crippen molar-refractivity contribution in [1.82, 2.24) is 14.5 Å². The summed E-state index contributed by atoms with van der Waals surface area (Å²) in [6, 6.07) is 1.49. The van der Waals surface area contributed by atoms with Crippen LogP contribution in [0.4, 0.5) is 0 Å². The summed E-state index contributed by atoms with van der Waals surface area (Å²) in [6.07, 6.45) is 0.858. The van der Waals surface area contributed by atoms with E-state index in [-0.39, 0.29) is 17.5 Å². The SMILES string of the molecule is CCC(C)(C)NC(=O)C(C)N1CCN(S(=O)(=O)c2cc(C)sc2C)CC1. The van der Waals surface area contributed by atoms with Gasteiger partial charge in [-0.25, -0.2) is 8.42 Å². The molecule has 1 fully saturated rings. The quantitative estimate of drug-likeness (QED) is 0.794. The average Bonchev–Trinajstić information content (AvgIpc) is 2.93. The minimum Gasteiger partial charge on any atom is -0.350 e. The topological polar surface area (TPSA) is 69.7 Å². The van der Waals surface area contributed by atoms with Gasteiger partial charge in [0.2, 0.25) is 15.9 Å². The van der Waals surface area contributed by atoms with Gasteiger partial charge in [-0.15, -0.1) is 11.3 Å². The Kier molecular flexibility index (Phi) is 6.53. The molecule has 6 nitrogen and oxygen atoms in total. The lowest BCUT2D eigenvalue weighted by Gasteiger charge is -2.38. The third-order valence-corrected chi connectivity index (χ3v) is 8.28. The molecule has 0 radical (unpaired) electrons. The number of amides is 1. The number of nitrogens with one attached hydrogen (secondary N) is 1. The van der Waals surface area contributed by atoms with Crippen molar-refractivity contribution < 1.29 is 13.2 Å². The molecule has 0 bridgehead atoms.